The van der Waals surface area contributed by atoms with Crippen LogP contribution in [0.25, 0.3) is 0 Å². The first-order valence-corrected chi connectivity index (χ1v) is 7.18. The molecule has 0 aromatic heterocycles. The maximum absolute atomic E-state index is 10.6. The fraction of sp³-hybridized carbons (Fsp3) is 1.00. The lowest BCUT2D eigenvalue weighted by molar-refractivity contribution is -0.140. The molecule has 0 unspecified atom stereocenters. The van der Waals surface area contributed by atoms with Crippen molar-refractivity contribution in [2.75, 3.05) is 0 Å². The Balaban J connectivity index is 2.22. The first-order chi connectivity index (χ1) is 7.73. The Hall–Kier alpha value is -0.0800. The van der Waals surface area contributed by atoms with Crippen molar-refractivity contribution in [3.8, 4) is 0 Å². The smallest absolute Gasteiger partial charge is 0.0650 e. The van der Waals surface area contributed by atoms with Crippen molar-refractivity contribution in [1.82, 2.24) is 0 Å². The molecular formula is C15H28O2. The molecule has 2 saturated carbocycles. The lowest BCUT2D eigenvalue weighted by Gasteiger charge is -2.53. The van der Waals surface area contributed by atoms with Gasteiger partial charge in [-0.3, -0.25) is 0 Å². The number of hydrogen-bond acceptors (Lipinski definition) is 2. The molecule has 2 fully saturated rings. The molecular weight excluding hydrogens is 212 g/mol. The largest absolute Gasteiger partial charge is 0.390 e. The van der Waals surface area contributed by atoms with Crippen LogP contribution in [0.15, 0.2) is 0 Å². The van der Waals surface area contributed by atoms with Crippen LogP contribution in [-0.2, 0) is 0 Å². The van der Waals surface area contributed by atoms with Crippen molar-refractivity contribution in [3.63, 3.8) is 0 Å². The SMILES string of the molecule is CC(C)[C@H]1CC[C@](C)(O)[C@H]2CC[C@@](C)(O)C[C@H]12. The summed E-state index contributed by atoms with van der Waals surface area (Å²) in [6, 6.07) is 0. The van der Waals surface area contributed by atoms with Crippen LogP contribution >= 0.6 is 0 Å². The second-order valence-electron chi connectivity index (χ2n) is 7.31. The van der Waals surface area contributed by atoms with Gasteiger partial charge in [0.1, 0.15) is 0 Å². The Morgan fingerprint density at radius 1 is 1.06 bits per heavy atom. The summed E-state index contributed by atoms with van der Waals surface area (Å²) in [7, 11) is 0. The highest BCUT2D eigenvalue weighted by Gasteiger charge is 2.50. The predicted molar refractivity (Wildman–Crippen MR) is 69.6 cm³/mol. The maximum atomic E-state index is 10.6. The molecule has 0 radical (unpaired) electrons. The van der Waals surface area contributed by atoms with Crippen LogP contribution < -0.4 is 0 Å². The minimum atomic E-state index is -0.512. The van der Waals surface area contributed by atoms with E-state index in [1.165, 1.54) is 0 Å². The highest BCUT2D eigenvalue weighted by atomic mass is 16.3. The fourth-order valence-corrected chi connectivity index (χ4v) is 4.34. The molecule has 2 aliphatic carbocycles. The summed E-state index contributed by atoms with van der Waals surface area (Å²) in [5.74, 6) is 2.23. The number of aliphatic hydroxyl groups is 2. The monoisotopic (exact) mass is 240 g/mol. The van der Waals surface area contributed by atoms with E-state index in [9.17, 15) is 10.2 Å². The van der Waals surface area contributed by atoms with E-state index >= 15 is 0 Å². The highest BCUT2D eigenvalue weighted by molar-refractivity contribution is 5.01. The van der Waals surface area contributed by atoms with Crippen molar-refractivity contribution in [2.24, 2.45) is 23.7 Å². The molecule has 2 aliphatic rings. The zero-order valence-corrected chi connectivity index (χ0v) is 11.7. The molecule has 0 aromatic rings. The van der Waals surface area contributed by atoms with Gasteiger partial charge in [0.25, 0.3) is 0 Å². The zero-order valence-electron chi connectivity index (χ0n) is 11.7. The van der Waals surface area contributed by atoms with E-state index in [4.69, 9.17) is 0 Å². The van der Waals surface area contributed by atoms with Gasteiger partial charge in [-0.25, -0.2) is 0 Å². The summed E-state index contributed by atoms with van der Waals surface area (Å²) in [6.07, 6.45) is 4.74. The van der Waals surface area contributed by atoms with Crippen LogP contribution in [0, 0.1) is 23.7 Å². The minimum absolute atomic E-state index is 0.392. The predicted octanol–water partition coefficient (Wildman–Crippen LogP) is 2.97. The molecule has 0 amide bonds. The quantitative estimate of drug-likeness (QED) is 0.740. The molecule has 0 saturated heterocycles. The highest BCUT2D eigenvalue weighted by Crippen LogP contribution is 2.52. The molecule has 2 rings (SSSR count). The van der Waals surface area contributed by atoms with Crippen LogP contribution in [0.5, 0.6) is 0 Å². The fourth-order valence-electron chi connectivity index (χ4n) is 4.34. The number of rotatable bonds is 1. The lowest BCUT2D eigenvalue weighted by atomic mass is 9.55. The first-order valence-electron chi connectivity index (χ1n) is 7.18. The van der Waals surface area contributed by atoms with Crippen molar-refractivity contribution < 1.29 is 10.2 Å². The Morgan fingerprint density at radius 3 is 2.29 bits per heavy atom. The summed E-state index contributed by atoms with van der Waals surface area (Å²) in [4.78, 5) is 0. The van der Waals surface area contributed by atoms with E-state index in [2.05, 4.69) is 13.8 Å². The molecule has 0 aliphatic heterocycles. The zero-order chi connectivity index (χ0) is 12.8. The normalized spacial score (nSPS) is 51.4. The van der Waals surface area contributed by atoms with Gasteiger partial charge in [0.15, 0.2) is 0 Å². The molecule has 17 heavy (non-hydrogen) atoms. The molecule has 100 valence electrons. The van der Waals surface area contributed by atoms with E-state index in [1.54, 1.807) is 0 Å². The third kappa shape index (κ3) is 2.53. The molecule has 2 N–H and O–H groups in total. The summed E-state index contributed by atoms with van der Waals surface area (Å²) in [5.41, 5.74) is -1.02. The van der Waals surface area contributed by atoms with E-state index in [1.807, 2.05) is 13.8 Å². The second-order valence-corrected chi connectivity index (χ2v) is 7.31. The van der Waals surface area contributed by atoms with E-state index in [0.717, 1.165) is 32.1 Å². The van der Waals surface area contributed by atoms with Gasteiger partial charge in [-0.05, 0) is 69.6 Å². The van der Waals surface area contributed by atoms with E-state index < -0.39 is 11.2 Å². The van der Waals surface area contributed by atoms with Crippen molar-refractivity contribution in [1.29, 1.82) is 0 Å². The van der Waals surface area contributed by atoms with Crippen LogP contribution in [0.4, 0.5) is 0 Å². The standard InChI is InChI=1S/C15H28O2/c1-10(2)11-5-8-15(4,17)13-6-7-14(3,16)9-12(11)13/h10-13,16-17H,5-9H2,1-4H3/t11-,12-,13+,14-,15+/m1/s1. The van der Waals surface area contributed by atoms with Crippen LogP contribution in [-0.4, -0.2) is 21.4 Å². The van der Waals surface area contributed by atoms with E-state index in [0.29, 0.717) is 23.7 Å². The maximum Gasteiger partial charge on any atom is 0.0650 e. The summed E-state index contributed by atoms with van der Waals surface area (Å²) < 4.78 is 0. The molecule has 0 spiro atoms. The van der Waals surface area contributed by atoms with E-state index in [-0.39, 0.29) is 0 Å². The van der Waals surface area contributed by atoms with Gasteiger partial charge in [0, 0.05) is 0 Å². The van der Waals surface area contributed by atoms with Gasteiger partial charge < -0.3 is 10.2 Å². The summed E-state index contributed by atoms with van der Waals surface area (Å²) in [6.45, 7) is 8.53. The molecule has 2 heteroatoms. The van der Waals surface area contributed by atoms with Crippen LogP contribution in [0.2, 0.25) is 0 Å². The third-order valence-corrected chi connectivity index (χ3v) is 5.38. The number of hydrogen-bond donors (Lipinski definition) is 2. The first kappa shape index (κ1) is 13.4. The van der Waals surface area contributed by atoms with Crippen molar-refractivity contribution >= 4 is 0 Å². The van der Waals surface area contributed by atoms with Crippen molar-refractivity contribution in [2.45, 2.75) is 71.0 Å². The molecule has 2 nitrogen and oxygen atoms in total. The number of fused-ring (bicyclic) bond motifs is 1. The van der Waals surface area contributed by atoms with Crippen molar-refractivity contribution in [3.05, 3.63) is 0 Å². The third-order valence-electron chi connectivity index (χ3n) is 5.38. The van der Waals surface area contributed by atoms with Gasteiger partial charge in [-0.15, -0.1) is 0 Å². The average Bonchev–Trinajstić information content (AvgIpc) is 2.14. The van der Waals surface area contributed by atoms with Crippen LogP contribution in [0.3, 0.4) is 0 Å². The Morgan fingerprint density at radius 2 is 1.71 bits per heavy atom. The minimum Gasteiger partial charge on any atom is -0.390 e. The average molecular weight is 240 g/mol. The Labute approximate surface area is 105 Å². The van der Waals surface area contributed by atoms with Gasteiger partial charge in [-0.2, -0.15) is 0 Å². The summed E-state index contributed by atoms with van der Waals surface area (Å²) in [5, 5.41) is 20.9. The summed E-state index contributed by atoms with van der Waals surface area (Å²) >= 11 is 0. The van der Waals surface area contributed by atoms with Crippen LogP contribution in [0.1, 0.15) is 59.8 Å². The van der Waals surface area contributed by atoms with Gasteiger partial charge in [0.2, 0.25) is 0 Å². The lowest BCUT2D eigenvalue weighted by Crippen LogP contribution is -2.53. The Kier molecular flexibility index (Phi) is 3.33. The molecule has 0 aromatic carbocycles. The molecule has 0 bridgehead atoms. The van der Waals surface area contributed by atoms with Gasteiger partial charge in [-0.1, -0.05) is 13.8 Å². The second kappa shape index (κ2) is 4.24. The van der Waals surface area contributed by atoms with Gasteiger partial charge >= 0.3 is 0 Å². The van der Waals surface area contributed by atoms with Gasteiger partial charge in [0.05, 0.1) is 11.2 Å². The topological polar surface area (TPSA) is 40.5 Å². The molecule has 5 atom stereocenters. The molecule has 0 heterocycles. The Bertz CT molecular complexity index is 281.